The molecule has 0 saturated carbocycles. The number of para-hydroxylation sites is 5. The summed E-state index contributed by atoms with van der Waals surface area (Å²) in [5.74, 6) is 1.77. The maximum Gasteiger partial charge on any atom is 0.256 e. The van der Waals surface area contributed by atoms with Crippen molar-refractivity contribution in [2.24, 2.45) is 0 Å². The number of hydrogen-bond acceptors (Lipinski definition) is 4. The van der Waals surface area contributed by atoms with Crippen LogP contribution in [0.25, 0.3) is 22.3 Å². The van der Waals surface area contributed by atoms with E-state index >= 15 is 0 Å². The molecule has 0 radical (unpaired) electrons. The molecule has 6 heteroatoms. The molecule has 4 aliphatic rings. The predicted octanol–water partition coefficient (Wildman–Crippen LogP) is 12.7. The first kappa shape index (κ1) is 40.6. The van der Waals surface area contributed by atoms with E-state index in [-0.39, 0.29) is 13.4 Å². The Kier molecular flexibility index (Phi) is 9.00. The zero-order valence-electron chi connectivity index (χ0n) is 39.6. The topological polar surface area (TPSA) is 19.0 Å². The van der Waals surface area contributed by atoms with Crippen molar-refractivity contribution in [2.45, 2.75) is 27.7 Å². The van der Waals surface area contributed by atoms with Gasteiger partial charge in [0, 0.05) is 57.3 Å². The molecule has 0 N–H and O–H groups in total. The Hall–Kier alpha value is -8.47. The SMILES string of the molecule is Cc1ccc(-c2cc3c4c(c2)N(c2ccccc2)c2ccccc2B4c2cc4c(cc2O3)N(c2ccccc2)c2cc(-c3ccc(C)cc3C)cc3c2B4c2ccccc2N3c2ccccc2)c(C)c1. The van der Waals surface area contributed by atoms with Crippen molar-refractivity contribution < 1.29 is 4.74 Å². The van der Waals surface area contributed by atoms with Crippen LogP contribution in [-0.2, 0) is 0 Å². The number of aryl methyl sites for hydroxylation is 4. The summed E-state index contributed by atoms with van der Waals surface area (Å²) in [5, 5.41) is 0. The third kappa shape index (κ3) is 6.05. The van der Waals surface area contributed by atoms with Crippen molar-refractivity contribution in [1.82, 2.24) is 0 Å². The minimum atomic E-state index is -0.0824. The van der Waals surface area contributed by atoms with Crippen LogP contribution >= 0.6 is 0 Å². The van der Waals surface area contributed by atoms with Gasteiger partial charge in [0.2, 0.25) is 0 Å². The molecule has 0 aromatic heterocycles. The number of nitrogens with zero attached hydrogens (tertiary/aromatic N) is 3. The van der Waals surface area contributed by atoms with Crippen LogP contribution in [0.1, 0.15) is 22.3 Å². The lowest BCUT2D eigenvalue weighted by Crippen LogP contribution is -2.64. The zero-order chi connectivity index (χ0) is 46.8. The van der Waals surface area contributed by atoms with E-state index in [1.807, 2.05) is 0 Å². The fourth-order valence-electron chi connectivity index (χ4n) is 12.3. The van der Waals surface area contributed by atoms with Gasteiger partial charge in [-0.15, -0.1) is 0 Å². The molecule has 0 amide bonds. The summed E-state index contributed by atoms with van der Waals surface area (Å²) in [7, 11) is 0. The van der Waals surface area contributed by atoms with E-state index in [9.17, 15) is 0 Å². The monoisotopic (exact) mass is 895 g/mol. The Bertz CT molecular complexity index is 3780. The number of ether oxygens (including phenoxy) is 1. The third-order valence-corrected chi connectivity index (χ3v) is 15.2. The summed E-state index contributed by atoms with van der Waals surface area (Å²) in [5.41, 5.74) is 27.6. The van der Waals surface area contributed by atoms with Crippen molar-refractivity contribution in [1.29, 1.82) is 0 Å². The lowest BCUT2D eigenvalue weighted by atomic mass is 9.30. The second kappa shape index (κ2) is 15.5. The van der Waals surface area contributed by atoms with Crippen LogP contribution in [0.15, 0.2) is 212 Å². The molecule has 0 spiro atoms. The van der Waals surface area contributed by atoms with E-state index < -0.39 is 0 Å². The Morgan fingerprint density at radius 2 is 0.743 bits per heavy atom. The third-order valence-electron chi connectivity index (χ3n) is 15.2. The molecule has 0 unspecified atom stereocenters. The van der Waals surface area contributed by atoms with Crippen LogP contribution in [0.2, 0.25) is 0 Å². The highest BCUT2D eigenvalue weighted by Gasteiger charge is 2.47. The molecule has 4 nitrogen and oxygen atoms in total. The van der Waals surface area contributed by atoms with Gasteiger partial charge in [0.25, 0.3) is 13.4 Å². The molecule has 0 atom stereocenters. The predicted molar refractivity (Wildman–Crippen MR) is 296 cm³/mol. The quantitative estimate of drug-likeness (QED) is 0.160. The summed E-state index contributed by atoms with van der Waals surface area (Å²) in [6.45, 7) is 8.66. The molecule has 0 saturated heterocycles. The molecular weight excluding hydrogens is 848 g/mol. The Labute approximate surface area is 410 Å². The molecule has 0 fully saturated rings. The van der Waals surface area contributed by atoms with Crippen molar-refractivity contribution in [3.8, 4) is 33.8 Å². The second-order valence-corrected chi connectivity index (χ2v) is 19.5. The fourth-order valence-corrected chi connectivity index (χ4v) is 12.3. The van der Waals surface area contributed by atoms with Gasteiger partial charge in [-0.2, -0.15) is 0 Å². The highest BCUT2D eigenvalue weighted by Crippen LogP contribution is 2.49. The van der Waals surface area contributed by atoms with E-state index in [1.165, 1.54) is 94.5 Å². The Balaban J connectivity index is 1.07. The van der Waals surface area contributed by atoms with Gasteiger partial charge in [-0.1, -0.05) is 145 Å². The number of rotatable bonds is 5. The average Bonchev–Trinajstić information content (AvgIpc) is 3.38. The molecule has 10 aromatic rings. The van der Waals surface area contributed by atoms with Crippen LogP contribution in [0, 0.1) is 27.7 Å². The molecule has 4 heterocycles. The molecule has 330 valence electrons. The van der Waals surface area contributed by atoms with Gasteiger partial charge in [0.05, 0.1) is 0 Å². The number of anilines is 9. The van der Waals surface area contributed by atoms with Crippen molar-refractivity contribution in [3.05, 3.63) is 235 Å². The smallest absolute Gasteiger partial charge is 0.256 e. The fraction of sp³-hybridized carbons (Fsp3) is 0.0625. The minimum Gasteiger partial charge on any atom is -0.458 e. The number of benzene rings is 10. The van der Waals surface area contributed by atoms with Gasteiger partial charge in [0.1, 0.15) is 11.5 Å². The van der Waals surface area contributed by atoms with E-state index in [0.29, 0.717) is 0 Å². The summed E-state index contributed by atoms with van der Waals surface area (Å²) in [6, 6.07) is 78.8. The molecular formula is C64H47B2N3O. The lowest BCUT2D eigenvalue weighted by Gasteiger charge is -2.45. The lowest BCUT2D eigenvalue weighted by molar-refractivity contribution is 0.488. The van der Waals surface area contributed by atoms with Crippen LogP contribution in [0.3, 0.4) is 0 Å². The Morgan fingerprint density at radius 1 is 0.314 bits per heavy atom. The van der Waals surface area contributed by atoms with Crippen LogP contribution < -0.4 is 52.2 Å². The van der Waals surface area contributed by atoms with Gasteiger partial charge in [-0.25, -0.2) is 0 Å². The number of hydrogen-bond donors (Lipinski definition) is 0. The maximum atomic E-state index is 7.50. The van der Waals surface area contributed by atoms with E-state index in [2.05, 4.69) is 255 Å². The van der Waals surface area contributed by atoms with Gasteiger partial charge in [0.15, 0.2) is 0 Å². The highest BCUT2D eigenvalue weighted by molar-refractivity contribution is 7.02. The highest BCUT2D eigenvalue weighted by atomic mass is 16.5. The first-order valence-electron chi connectivity index (χ1n) is 24.5. The Morgan fingerprint density at radius 3 is 1.24 bits per heavy atom. The zero-order valence-corrected chi connectivity index (χ0v) is 39.6. The average molecular weight is 896 g/mol. The molecule has 4 aliphatic heterocycles. The van der Waals surface area contributed by atoms with E-state index in [4.69, 9.17) is 4.74 Å². The molecule has 10 aromatic carbocycles. The largest absolute Gasteiger partial charge is 0.458 e. The first-order valence-corrected chi connectivity index (χ1v) is 24.5. The molecule has 0 aliphatic carbocycles. The molecule has 70 heavy (non-hydrogen) atoms. The standard InChI is InChI=1S/C64H47B2N3O/c1-40-28-30-49(42(3)32-40)44-34-58-63-59(35-44)69(48-22-12-7-13-23-48)57-39-61-54(38-53(57)65(63)51-24-14-16-26-55(51)67(58)46-18-8-5-9-19-46)66-52-25-15-17-27-56(52)68(47-20-10-6-11-21-47)60-36-45(37-62(70-61)64(60)66)50-31-29-41(2)33-43(50)4/h5-39H,1-4H3. The van der Waals surface area contributed by atoms with E-state index in [0.717, 1.165) is 45.5 Å². The van der Waals surface area contributed by atoms with Crippen molar-refractivity contribution >= 4 is 97.4 Å². The summed E-state index contributed by atoms with van der Waals surface area (Å²) >= 11 is 0. The van der Waals surface area contributed by atoms with Crippen molar-refractivity contribution in [3.63, 3.8) is 0 Å². The van der Waals surface area contributed by atoms with Gasteiger partial charge < -0.3 is 19.4 Å². The molecule has 14 rings (SSSR count). The van der Waals surface area contributed by atoms with Crippen LogP contribution in [0.5, 0.6) is 11.5 Å². The summed E-state index contributed by atoms with van der Waals surface area (Å²) in [4.78, 5) is 7.46. The minimum absolute atomic E-state index is 0.0676. The number of fused-ring (bicyclic) bond motifs is 8. The van der Waals surface area contributed by atoms with Gasteiger partial charge in [-0.3, -0.25) is 0 Å². The summed E-state index contributed by atoms with van der Waals surface area (Å²) in [6.07, 6.45) is 0. The van der Waals surface area contributed by atoms with Gasteiger partial charge in [-0.05, 0) is 167 Å². The van der Waals surface area contributed by atoms with E-state index in [1.54, 1.807) is 0 Å². The van der Waals surface area contributed by atoms with Crippen molar-refractivity contribution in [2.75, 3.05) is 14.7 Å². The second-order valence-electron chi connectivity index (χ2n) is 19.5. The maximum absolute atomic E-state index is 7.50. The van der Waals surface area contributed by atoms with Crippen LogP contribution in [-0.4, -0.2) is 13.4 Å². The molecule has 0 bridgehead atoms. The van der Waals surface area contributed by atoms with Crippen LogP contribution in [0.4, 0.5) is 51.2 Å². The first-order chi connectivity index (χ1) is 34.4. The summed E-state index contributed by atoms with van der Waals surface area (Å²) < 4.78 is 7.50. The van der Waals surface area contributed by atoms with Gasteiger partial charge >= 0.3 is 0 Å². The normalized spacial score (nSPS) is 13.4.